The third-order valence-corrected chi connectivity index (χ3v) is 6.52. The monoisotopic (exact) mass is 463 g/mol. The van der Waals surface area contributed by atoms with Gasteiger partial charge < -0.3 is 14.8 Å². The molecule has 0 atom stereocenters. The molecule has 0 saturated carbocycles. The predicted octanol–water partition coefficient (Wildman–Crippen LogP) is 3.24. The van der Waals surface area contributed by atoms with Gasteiger partial charge in [0.1, 0.15) is 24.5 Å². The number of hydrogen-bond acceptors (Lipinski definition) is 6. The van der Waals surface area contributed by atoms with Crippen LogP contribution in [0.2, 0.25) is 0 Å². The van der Waals surface area contributed by atoms with Gasteiger partial charge >= 0.3 is 5.69 Å². The number of anilines is 1. The van der Waals surface area contributed by atoms with Gasteiger partial charge in [-0.15, -0.1) is 11.3 Å². The minimum absolute atomic E-state index is 0.244. The molecule has 5 rings (SSSR count). The molecule has 1 aliphatic rings. The predicted molar refractivity (Wildman–Crippen MR) is 127 cm³/mol. The van der Waals surface area contributed by atoms with Crippen LogP contribution in [0.1, 0.15) is 11.1 Å². The summed E-state index contributed by atoms with van der Waals surface area (Å²) >= 11 is 1.24. The van der Waals surface area contributed by atoms with Gasteiger partial charge in [-0.2, -0.15) is 0 Å². The molecule has 2 aromatic carbocycles. The Bertz CT molecular complexity index is 1520. The molecule has 1 N–H and O–H groups in total. The second-order valence-electron chi connectivity index (χ2n) is 7.82. The zero-order chi connectivity index (χ0) is 23.1. The molecule has 2 aromatic heterocycles. The van der Waals surface area contributed by atoms with E-state index in [1.54, 1.807) is 41.8 Å². The molecule has 0 aliphatic carbocycles. The maximum Gasteiger partial charge on any atom is 0.336 e. The molecule has 0 unspecified atom stereocenters. The van der Waals surface area contributed by atoms with Gasteiger partial charge in [0.2, 0.25) is 5.91 Å². The normalized spacial score (nSPS) is 12.7. The zero-order valence-corrected chi connectivity index (χ0v) is 18.9. The van der Waals surface area contributed by atoms with Crippen LogP contribution in [0.25, 0.3) is 15.9 Å². The number of amides is 1. The van der Waals surface area contributed by atoms with E-state index in [2.05, 4.69) is 5.32 Å². The van der Waals surface area contributed by atoms with Crippen LogP contribution in [-0.2, 0) is 11.3 Å². The van der Waals surface area contributed by atoms with Gasteiger partial charge in [-0.25, -0.2) is 9.36 Å². The smallest absolute Gasteiger partial charge is 0.336 e. The Morgan fingerprint density at radius 3 is 2.58 bits per heavy atom. The second kappa shape index (κ2) is 8.25. The molecule has 8 nitrogen and oxygen atoms in total. The van der Waals surface area contributed by atoms with E-state index in [1.807, 2.05) is 19.9 Å². The molecule has 0 saturated heterocycles. The van der Waals surface area contributed by atoms with E-state index in [0.717, 1.165) is 15.7 Å². The number of benzene rings is 2. The molecule has 3 heterocycles. The van der Waals surface area contributed by atoms with E-state index in [1.165, 1.54) is 15.9 Å². The molecule has 4 aromatic rings. The third-order valence-electron chi connectivity index (χ3n) is 5.63. The topological polar surface area (TPSA) is 91.6 Å². The Hall–Kier alpha value is -3.85. The minimum Gasteiger partial charge on any atom is -0.486 e. The van der Waals surface area contributed by atoms with Crippen molar-refractivity contribution in [2.45, 2.75) is 20.4 Å². The number of carbonyl (C=O) groups is 1. The van der Waals surface area contributed by atoms with Crippen molar-refractivity contribution in [2.75, 3.05) is 18.5 Å². The van der Waals surface area contributed by atoms with E-state index in [-0.39, 0.29) is 6.54 Å². The van der Waals surface area contributed by atoms with Crippen molar-refractivity contribution >= 4 is 33.1 Å². The van der Waals surface area contributed by atoms with Crippen molar-refractivity contribution in [3.8, 4) is 17.2 Å². The average Bonchev–Trinajstić information content (AvgIpc) is 3.29. The van der Waals surface area contributed by atoms with Gasteiger partial charge in [0.05, 0.1) is 11.2 Å². The number of rotatable bonds is 4. The number of hydrogen-bond donors (Lipinski definition) is 1. The summed E-state index contributed by atoms with van der Waals surface area (Å²) in [6, 6.07) is 12.2. The van der Waals surface area contributed by atoms with Crippen LogP contribution in [0.4, 0.5) is 5.69 Å². The molecule has 168 valence electrons. The summed E-state index contributed by atoms with van der Waals surface area (Å²) in [6.45, 7) is 4.56. The van der Waals surface area contributed by atoms with Gasteiger partial charge in [-0.1, -0.05) is 6.07 Å². The first-order valence-electron chi connectivity index (χ1n) is 10.4. The number of nitrogens with zero attached hydrogens (tertiary/aromatic N) is 2. The quantitative estimate of drug-likeness (QED) is 0.502. The molecule has 1 aliphatic heterocycles. The lowest BCUT2D eigenvalue weighted by Crippen LogP contribution is -2.40. The fourth-order valence-electron chi connectivity index (χ4n) is 3.80. The summed E-state index contributed by atoms with van der Waals surface area (Å²) < 4.78 is 13.9. The number of nitrogens with one attached hydrogen (secondary N) is 1. The van der Waals surface area contributed by atoms with E-state index in [0.29, 0.717) is 46.3 Å². The SMILES string of the molecule is Cc1ccc(-n2c(=O)c3sccc3n(CC(=O)Nc3ccc4c(c3)OCCO4)c2=O)cc1C. The van der Waals surface area contributed by atoms with Crippen molar-refractivity contribution < 1.29 is 14.3 Å². The Kier molecular flexibility index (Phi) is 5.26. The highest BCUT2D eigenvalue weighted by molar-refractivity contribution is 7.17. The lowest BCUT2D eigenvalue weighted by atomic mass is 10.1. The van der Waals surface area contributed by atoms with Crippen LogP contribution in [-0.4, -0.2) is 28.3 Å². The first-order chi connectivity index (χ1) is 15.9. The molecule has 9 heteroatoms. The summed E-state index contributed by atoms with van der Waals surface area (Å²) in [4.78, 5) is 39.4. The molecule has 33 heavy (non-hydrogen) atoms. The first kappa shape index (κ1) is 21.0. The second-order valence-corrected chi connectivity index (χ2v) is 8.74. The third kappa shape index (κ3) is 3.80. The standard InChI is InChI=1S/C24H21N3O5S/c1-14-3-5-17(11-15(14)2)27-23(29)22-18(7-10-33-22)26(24(27)30)13-21(28)25-16-4-6-19-20(12-16)32-9-8-31-19/h3-7,10-12H,8-9,13H2,1-2H3,(H,25,28). The summed E-state index contributed by atoms with van der Waals surface area (Å²) in [5, 5.41) is 4.54. The first-order valence-corrected chi connectivity index (χ1v) is 11.3. The van der Waals surface area contributed by atoms with Crippen LogP contribution >= 0.6 is 11.3 Å². The summed E-state index contributed by atoms with van der Waals surface area (Å²) in [5.41, 5.74) is 2.51. The molecule has 0 radical (unpaired) electrons. The number of thiophene rings is 1. The lowest BCUT2D eigenvalue weighted by Gasteiger charge is -2.19. The average molecular weight is 464 g/mol. The largest absolute Gasteiger partial charge is 0.486 e. The van der Waals surface area contributed by atoms with Gasteiger partial charge in [0.15, 0.2) is 11.5 Å². The van der Waals surface area contributed by atoms with Crippen LogP contribution in [0, 0.1) is 13.8 Å². The van der Waals surface area contributed by atoms with Crippen LogP contribution < -0.4 is 26.0 Å². The Morgan fingerprint density at radius 2 is 1.79 bits per heavy atom. The maximum atomic E-state index is 13.4. The van der Waals surface area contributed by atoms with Crippen molar-refractivity contribution in [3.63, 3.8) is 0 Å². The summed E-state index contributed by atoms with van der Waals surface area (Å²) in [6.07, 6.45) is 0. The molecular weight excluding hydrogens is 442 g/mol. The highest BCUT2D eigenvalue weighted by Crippen LogP contribution is 2.32. The van der Waals surface area contributed by atoms with E-state index >= 15 is 0 Å². The number of ether oxygens (including phenoxy) is 2. The van der Waals surface area contributed by atoms with Crippen molar-refractivity contribution in [1.29, 1.82) is 0 Å². The number of carbonyl (C=O) groups excluding carboxylic acids is 1. The van der Waals surface area contributed by atoms with Gasteiger partial charge in [-0.05, 0) is 60.7 Å². The van der Waals surface area contributed by atoms with Gasteiger partial charge in [0.25, 0.3) is 5.56 Å². The minimum atomic E-state index is -0.563. The van der Waals surface area contributed by atoms with Crippen LogP contribution in [0.3, 0.4) is 0 Å². The maximum absolute atomic E-state index is 13.4. The number of aryl methyl sites for hydroxylation is 2. The van der Waals surface area contributed by atoms with Crippen LogP contribution in [0.15, 0.2) is 57.4 Å². The Balaban J connectivity index is 1.52. The Morgan fingerprint density at radius 1 is 1.00 bits per heavy atom. The molecule has 0 spiro atoms. The highest BCUT2D eigenvalue weighted by atomic mass is 32.1. The highest BCUT2D eigenvalue weighted by Gasteiger charge is 2.19. The zero-order valence-electron chi connectivity index (χ0n) is 18.1. The summed E-state index contributed by atoms with van der Waals surface area (Å²) in [7, 11) is 0. The summed E-state index contributed by atoms with van der Waals surface area (Å²) in [5.74, 6) is 0.780. The number of fused-ring (bicyclic) bond motifs is 2. The fraction of sp³-hybridized carbons (Fsp3) is 0.208. The van der Waals surface area contributed by atoms with Gasteiger partial charge in [-0.3, -0.25) is 14.2 Å². The van der Waals surface area contributed by atoms with Gasteiger partial charge in [0, 0.05) is 11.8 Å². The van der Waals surface area contributed by atoms with E-state index in [9.17, 15) is 14.4 Å². The Labute approximate surface area is 192 Å². The molecule has 1 amide bonds. The van der Waals surface area contributed by atoms with Crippen molar-refractivity contribution in [2.24, 2.45) is 0 Å². The van der Waals surface area contributed by atoms with E-state index in [4.69, 9.17) is 9.47 Å². The fourth-order valence-corrected chi connectivity index (χ4v) is 4.62. The van der Waals surface area contributed by atoms with Crippen molar-refractivity contribution in [3.05, 3.63) is 79.8 Å². The van der Waals surface area contributed by atoms with Crippen molar-refractivity contribution in [1.82, 2.24) is 9.13 Å². The molecule has 0 bridgehead atoms. The van der Waals surface area contributed by atoms with E-state index < -0.39 is 17.2 Å². The molecular formula is C24H21N3O5S. The van der Waals surface area contributed by atoms with Crippen LogP contribution in [0.5, 0.6) is 11.5 Å². The molecule has 0 fully saturated rings. The number of aromatic nitrogens is 2. The lowest BCUT2D eigenvalue weighted by molar-refractivity contribution is -0.116.